The van der Waals surface area contributed by atoms with Crippen molar-refractivity contribution >= 4 is 67.5 Å². The van der Waals surface area contributed by atoms with Crippen molar-refractivity contribution in [3.63, 3.8) is 0 Å². The summed E-state index contributed by atoms with van der Waals surface area (Å²) in [5.74, 6) is 1.24. The summed E-state index contributed by atoms with van der Waals surface area (Å²) in [7, 11) is 1.63. The molecule has 0 bridgehead atoms. The Morgan fingerprint density at radius 2 is 1.79 bits per heavy atom. The lowest BCUT2D eigenvalue weighted by Gasteiger charge is -2.13. The predicted octanol–water partition coefficient (Wildman–Crippen LogP) is 6.59. The molecule has 138 valence electrons. The van der Waals surface area contributed by atoms with Gasteiger partial charge in [-0.2, -0.15) is 0 Å². The van der Waals surface area contributed by atoms with E-state index in [4.69, 9.17) is 32.4 Å². The van der Waals surface area contributed by atoms with E-state index in [1.54, 1.807) is 19.2 Å². The Labute approximate surface area is 169 Å². The average molecular weight is 410 g/mol. The van der Waals surface area contributed by atoms with Crippen LogP contribution in [0.5, 0.6) is 5.75 Å². The molecule has 5 aromatic rings. The van der Waals surface area contributed by atoms with Gasteiger partial charge in [0.2, 0.25) is 0 Å². The molecule has 0 atom stereocenters. The van der Waals surface area contributed by atoms with Crippen LogP contribution in [0.3, 0.4) is 0 Å². The third-order valence-corrected chi connectivity index (χ3v) is 5.12. The van der Waals surface area contributed by atoms with Crippen LogP contribution in [0.4, 0.5) is 11.5 Å². The normalized spacial score (nSPS) is 11.4. The van der Waals surface area contributed by atoms with Crippen LogP contribution in [-0.2, 0) is 0 Å². The molecule has 0 unspecified atom stereocenters. The fourth-order valence-corrected chi connectivity index (χ4v) is 3.88. The van der Waals surface area contributed by atoms with Crippen LogP contribution in [-0.4, -0.2) is 17.1 Å². The number of para-hydroxylation sites is 1. The number of halogens is 2. The third-order valence-electron chi connectivity index (χ3n) is 4.61. The van der Waals surface area contributed by atoms with Crippen molar-refractivity contribution < 1.29 is 9.15 Å². The summed E-state index contributed by atoms with van der Waals surface area (Å²) in [4.78, 5) is 8.61. The highest BCUT2D eigenvalue weighted by Gasteiger charge is 2.15. The topological polar surface area (TPSA) is 60.2 Å². The standard InChI is InChI=1S/C21H13Cl2N3O2/c1-27-19-8-13-12-4-2-3-5-17(12)28-18(13)9-16(19)26-21-14-6-11(22)7-15(23)20(14)24-10-25-21/h2-10H,1H3,(H,24,25,26). The van der Waals surface area contributed by atoms with Crippen molar-refractivity contribution in [2.24, 2.45) is 0 Å². The van der Waals surface area contributed by atoms with Crippen LogP contribution in [0.2, 0.25) is 10.0 Å². The minimum Gasteiger partial charge on any atom is -0.495 e. The second-order valence-corrected chi connectivity index (χ2v) is 7.12. The van der Waals surface area contributed by atoms with E-state index < -0.39 is 0 Å². The molecule has 0 aliphatic rings. The molecule has 28 heavy (non-hydrogen) atoms. The van der Waals surface area contributed by atoms with Gasteiger partial charge in [0.15, 0.2) is 0 Å². The Balaban J connectivity index is 1.69. The molecule has 0 radical (unpaired) electrons. The molecule has 5 nitrogen and oxygen atoms in total. The zero-order chi connectivity index (χ0) is 19.3. The molecular weight excluding hydrogens is 397 g/mol. The number of hydrogen-bond donors (Lipinski definition) is 1. The molecule has 2 heterocycles. The third kappa shape index (κ3) is 2.71. The number of fused-ring (bicyclic) bond motifs is 4. The van der Waals surface area contributed by atoms with Crippen LogP contribution in [0.25, 0.3) is 32.8 Å². The van der Waals surface area contributed by atoms with E-state index >= 15 is 0 Å². The summed E-state index contributed by atoms with van der Waals surface area (Å²) in [5.41, 5.74) is 2.90. The maximum absolute atomic E-state index is 6.28. The van der Waals surface area contributed by atoms with Gasteiger partial charge < -0.3 is 14.5 Å². The monoisotopic (exact) mass is 409 g/mol. The summed E-state index contributed by atoms with van der Waals surface area (Å²) in [6.45, 7) is 0. The zero-order valence-corrected chi connectivity index (χ0v) is 16.2. The molecule has 2 aromatic heterocycles. The largest absolute Gasteiger partial charge is 0.495 e. The molecule has 0 spiro atoms. The zero-order valence-electron chi connectivity index (χ0n) is 14.7. The molecule has 0 amide bonds. The minimum atomic E-state index is 0.465. The predicted molar refractivity (Wildman–Crippen MR) is 113 cm³/mol. The van der Waals surface area contributed by atoms with E-state index in [1.165, 1.54) is 6.33 Å². The molecule has 3 aromatic carbocycles. The number of rotatable bonds is 3. The lowest BCUT2D eigenvalue weighted by Crippen LogP contribution is -1.98. The average Bonchev–Trinajstić information content (AvgIpc) is 3.05. The molecule has 0 saturated heterocycles. The molecule has 0 saturated carbocycles. The van der Waals surface area contributed by atoms with Crippen molar-refractivity contribution in [1.82, 2.24) is 9.97 Å². The summed E-state index contributed by atoms with van der Waals surface area (Å²) in [6, 6.07) is 15.2. The number of nitrogens with one attached hydrogen (secondary N) is 1. The van der Waals surface area contributed by atoms with Gasteiger partial charge in [-0.25, -0.2) is 9.97 Å². The minimum absolute atomic E-state index is 0.465. The number of aromatic nitrogens is 2. The second kappa shape index (κ2) is 6.55. The Bertz CT molecular complexity index is 1360. The Kier molecular flexibility index (Phi) is 4.00. The maximum Gasteiger partial charge on any atom is 0.143 e. The van der Waals surface area contributed by atoms with E-state index in [2.05, 4.69) is 15.3 Å². The van der Waals surface area contributed by atoms with E-state index in [-0.39, 0.29) is 0 Å². The lowest BCUT2D eigenvalue weighted by atomic mass is 10.1. The van der Waals surface area contributed by atoms with Gasteiger partial charge in [-0.15, -0.1) is 0 Å². The van der Waals surface area contributed by atoms with Crippen molar-refractivity contribution in [2.75, 3.05) is 12.4 Å². The van der Waals surface area contributed by atoms with Crippen LogP contribution < -0.4 is 10.1 Å². The van der Waals surface area contributed by atoms with Crippen LogP contribution in [0.1, 0.15) is 0 Å². The number of benzene rings is 3. The van der Waals surface area contributed by atoms with Crippen molar-refractivity contribution in [3.8, 4) is 5.75 Å². The Morgan fingerprint density at radius 1 is 0.929 bits per heavy atom. The fraction of sp³-hybridized carbons (Fsp3) is 0.0476. The van der Waals surface area contributed by atoms with Gasteiger partial charge in [-0.05, 0) is 24.3 Å². The van der Waals surface area contributed by atoms with Gasteiger partial charge in [-0.1, -0.05) is 41.4 Å². The van der Waals surface area contributed by atoms with Crippen LogP contribution in [0, 0.1) is 0 Å². The van der Waals surface area contributed by atoms with Gasteiger partial charge in [-0.3, -0.25) is 0 Å². The van der Waals surface area contributed by atoms with Gasteiger partial charge in [0, 0.05) is 27.2 Å². The fourth-order valence-electron chi connectivity index (χ4n) is 3.34. The van der Waals surface area contributed by atoms with E-state index in [0.29, 0.717) is 38.2 Å². The molecule has 5 rings (SSSR count). The van der Waals surface area contributed by atoms with Gasteiger partial charge >= 0.3 is 0 Å². The van der Waals surface area contributed by atoms with E-state index in [9.17, 15) is 0 Å². The van der Waals surface area contributed by atoms with E-state index in [0.717, 1.165) is 21.9 Å². The number of nitrogens with zero attached hydrogens (tertiary/aromatic N) is 2. The van der Waals surface area contributed by atoms with Crippen molar-refractivity contribution in [2.45, 2.75) is 0 Å². The van der Waals surface area contributed by atoms with Gasteiger partial charge in [0.1, 0.15) is 29.1 Å². The number of hydrogen-bond acceptors (Lipinski definition) is 5. The lowest BCUT2D eigenvalue weighted by molar-refractivity contribution is 0.417. The van der Waals surface area contributed by atoms with Crippen LogP contribution >= 0.6 is 23.2 Å². The highest BCUT2D eigenvalue weighted by molar-refractivity contribution is 6.38. The number of anilines is 2. The first kappa shape index (κ1) is 17.1. The number of furan rings is 1. The van der Waals surface area contributed by atoms with Crippen molar-refractivity contribution in [1.29, 1.82) is 0 Å². The van der Waals surface area contributed by atoms with E-state index in [1.807, 2.05) is 36.4 Å². The molecule has 0 fully saturated rings. The second-order valence-electron chi connectivity index (χ2n) is 6.28. The van der Waals surface area contributed by atoms with Crippen LogP contribution in [0.15, 0.2) is 59.3 Å². The quantitative estimate of drug-likeness (QED) is 0.364. The summed E-state index contributed by atoms with van der Waals surface area (Å²) < 4.78 is 11.6. The molecule has 1 N–H and O–H groups in total. The number of ether oxygens (including phenoxy) is 1. The van der Waals surface area contributed by atoms with Crippen molar-refractivity contribution in [3.05, 3.63) is 64.9 Å². The number of methoxy groups -OCH3 is 1. The maximum atomic E-state index is 6.28. The molecular formula is C21H13Cl2N3O2. The molecule has 7 heteroatoms. The summed E-state index contributed by atoms with van der Waals surface area (Å²) in [6.07, 6.45) is 1.46. The Morgan fingerprint density at radius 3 is 2.64 bits per heavy atom. The smallest absolute Gasteiger partial charge is 0.143 e. The summed E-state index contributed by atoms with van der Waals surface area (Å²) in [5, 5.41) is 7.01. The first-order valence-electron chi connectivity index (χ1n) is 8.50. The first-order chi connectivity index (χ1) is 13.6. The molecule has 0 aliphatic carbocycles. The first-order valence-corrected chi connectivity index (χ1v) is 9.25. The summed E-state index contributed by atoms with van der Waals surface area (Å²) >= 11 is 12.5. The van der Waals surface area contributed by atoms with Gasteiger partial charge in [0.05, 0.1) is 23.3 Å². The highest BCUT2D eigenvalue weighted by atomic mass is 35.5. The molecule has 0 aliphatic heterocycles. The Hall–Kier alpha value is -3.02. The SMILES string of the molecule is COc1cc2c(cc1Nc1ncnc3c(Cl)cc(Cl)cc13)oc1ccccc12. The highest BCUT2D eigenvalue weighted by Crippen LogP contribution is 2.38. The van der Waals surface area contributed by atoms with Gasteiger partial charge in [0.25, 0.3) is 0 Å².